The van der Waals surface area contributed by atoms with E-state index in [-0.39, 0.29) is 10.8 Å². The molecule has 2 atom stereocenters. The van der Waals surface area contributed by atoms with E-state index in [0.717, 1.165) is 42.9 Å². The van der Waals surface area contributed by atoms with Crippen LogP contribution in [0.5, 0.6) is 0 Å². The largest absolute Gasteiger partial charge is 0.316 e. The molecule has 2 aliphatic rings. The Balaban J connectivity index is 1.98. The molecule has 3 heteroatoms. The summed E-state index contributed by atoms with van der Waals surface area (Å²) in [5, 5.41) is 4.24. The lowest BCUT2D eigenvalue weighted by molar-refractivity contribution is -0.125. The lowest BCUT2D eigenvalue weighted by atomic mass is 9.77. The Morgan fingerprint density at radius 3 is 2.95 bits per heavy atom. The summed E-state index contributed by atoms with van der Waals surface area (Å²) in [6, 6.07) is 6.30. The summed E-state index contributed by atoms with van der Waals surface area (Å²) >= 11 is 6.15. The molecular weight excluding hydrogens is 270 g/mol. The third-order valence-electron chi connectivity index (χ3n) is 5.27. The number of hydrogen-bond acceptors (Lipinski definition) is 2. The number of nitrogens with one attached hydrogen (secondary N) is 1. The first-order valence-corrected chi connectivity index (χ1v) is 7.94. The zero-order valence-corrected chi connectivity index (χ0v) is 13.0. The van der Waals surface area contributed by atoms with E-state index in [9.17, 15) is 4.79 Å². The average Bonchev–Trinajstić information content (AvgIpc) is 3.14. The van der Waals surface area contributed by atoms with Crippen LogP contribution in [0.25, 0.3) is 0 Å². The van der Waals surface area contributed by atoms with Gasteiger partial charge in [0.1, 0.15) is 5.78 Å². The van der Waals surface area contributed by atoms with Crippen LogP contribution in [0.15, 0.2) is 18.2 Å². The number of rotatable bonds is 4. The second kappa shape index (κ2) is 4.85. The van der Waals surface area contributed by atoms with Crippen molar-refractivity contribution in [3.63, 3.8) is 0 Å². The maximum atomic E-state index is 12.6. The summed E-state index contributed by atoms with van der Waals surface area (Å²) in [4.78, 5) is 12.6. The molecule has 2 nitrogen and oxygen atoms in total. The van der Waals surface area contributed by atoms with Crippen LogP contribution in [0.2, 0.25) is 5.02 Å². The monoisotopic (exact) mass is 291 g/mol. The Morgan fingerprint density at radius 2 is 2.25 bits per heavy atom. The van der Waals surface area contributed by atoms with E-state index in [4.69, 9.17) is 11.6 Å². The second-order valence-electron chi connectivity index (χ2n) is 6.40. The highest BCUT2D eigenvalue weighted by molar-refractivity contribution is 6.31. The highest BCUT2D eigenvalue weighted by Crippen LogP contribution is 2.68. The predicted octanol–water partition coefficient (Wildman–Crippen LogP) is 3.64. The number of carbonyl (C=O) groups is 1. The lowest BCUT2D eigenvalue weighted by Gasteiger charge is -2.31. The maximum absolute atomic E-state index is 12.6. The molecule has 1 heterocycles. The lowest BCUT2D eigenvalue weighted by Crippen LogP contribution is -2.42. The van der Waals surface area contributed by atoms with Gasteiger partial charge >= 0.3 is 0 Å². The number of benzene rings is 1. The van der Waals surface area contributed by atoms with Crippen molar-refractivity contribution in [1.82, 2.24) is 5.32 Å². The van der Waals surface area contributed by atoms with E-state index in [1.54, 1.807) is 0 Å². The average molecular weight is 292 g/mol. The van der Waals surface area contributed by atoms with E-state index < -0.39 is 0 Å². The zero-order chi connectivity index (χ0) is 14.4. The first-order chi connectivity index (χ1) is 9.56. The third kappa shape index (κ3) is 1.85. The summed E-state index contributed by atoms with van der Waals surface area (Å²) in [6.07, 6.45) is 3.71. The van der Waals surface area contributed by atoms with Gasteiger partial charge in [0.25, 0.3) is 0 Å². The molecule has 1 N–H and O–H groups in total. The number of piperidine rings is 1. The number of Topliss-reactive ketones (excluding diaryl/α,β-unsaturated/α-hetero) is 1. The number of hydrogen-bond donors (Lipinski definition) is 1. The van der Waals surface area contributed by atoms with Gasteiger partial charge in [0.2, 0.25) is 0 Å². The highest BCUT2D eigenvalue weighted by atomic mass is 35.5. The smallest absolute Gasteiger partial charge is 0.141 e. The van der Waals surface area contributed by atoms with Gasteiger partial charge < -0.3 is 5.32 Å². The zero-order valence-electron chi connectivity index (χ0n) is 12.3. The standard InChI is InChI=1S/C17H22ClNO/c1-3-4-15(20)17-10-16(17,7-8-19-11-17)13-5-6-14(18)12(2)9-13/h5-6,9,19H,3-4,7-8,10-11H2,1-2H3. The van der Waals surface area contributed by atoms with Gasteiger partial charge in [-0.2, -0.15) is 0 Å². The molecule has 1 saturated heterocycles. The fourth-order valence-corrected chi connectivity index (χ4v) is 4.15. The van der Waals surface area contributed by atoms with Gasteiger partial charge in [-0.15, -0.1) is 0 Å². The van der Waals surface area contributed by atoms with E-state index in [1.807, 2.05) is 13.0 Å². The maximum Gasteiger partial charge on any atom is 0.141 e. The molecule has 1 aliphatic heterocycles. The second-order valence-corrected chi connectivity index (χ2v) is 6.81. The van der Waals surface area contributed by atoms with Crippen LogP contribution in [0.1, 0.15) is 43.7 Å². The number of fused-ring (bicyclic) bond motifs is 1. The van der Waals surface area contributed by atoms with Gasteiger partial charge in [0.15, 0.2) is 0 Å². The molecule has 2 unspecified atom stereocenters. The number of carbonyl (C=O) groups excluding carboxylic acids is 1. The first-order valence-electron chi connectivity index (χ1n) is 7.56. The van der Waals surface area contributed by atoms with Gasteiger partial charge in [0.05, 0.1) is 5.41 Å². The molecule has 108 valence electrons. The van der Waals surface area contributed by atoms with Gasteiger partial charge in [-0.05, 0) is 49.9 Å². The molecule has 0 radical (unpaired) electrons. The van der Waals surface area contributed by atoms with Crippen molar-refractivity contribution in [3.8, 4) is 0 Å². The Hall–Kier alpha value is -0.860. The van der Waals surface area contributed by atoms with Crippen LogP contribution >= 0.6 is 11.6 Å². The van der Waals surface area contributed by atoms with Crippen LogP contribution in [0, 0.1) is 12.3 Å². The van der Waals surface area contributed by atoms with E-state index in [0.29, 0.717) is 12.2 Å². The number of halogens is 1. The Morgan fingerprint density at radius 1 is 1.45 bits per heavy atom. The number of aryl methyl sites for hydroxylation is 1. The van der Waals surface area contributed by atoms with Gasteiger partial charge in [-0.25, -0.2) is 0 Å². The van der Waals surface area contributed by atoms with Crippen LogP contribution in [0.3, 0.4) is 0 Å². The van der Waals surface area contributed by atoms with Crippen molar-refractivity contribution in [2.75, 3.05) is 13.1 Å². The van der Waals surface area contributed by atoms with Gasteiger partial charge in [-0.3, -0.25) is 4.79 Å². The minimum Gasteiger partial charge on any atom is -0.316 e. The van der Waals surface area contributed by atoms with E-state index in [2.05, 4.69) is 24.4 Å². The van der Waals surface area contributed by atoms with Crippen molar-refractivity contribution < 1.29 is 4.79 Å². The molecule has 0 aromatic heterocycles. The van der Waals surface area contributed by atoms with Crippen LogP contribution in [-0.4, -0.2) is 18.9 Å². The van der Waals surface area contributed by atoms with Crippen LogP contribution in [0.4, 0.5) is 0 Å². The molecule has 0 amide bonds. The van der Waals surface area contributed by atoms with Crippen molar-refractivity contribution in [3.05, 3.63) is 34.3 Å². The SMILES string of the molecule is CCCC(=O)C12CNCCC1(c1ccc(Cl)c(C)c1)C2. The summed E-state index contributed by atoms with van der Waals surface area (Å²) in [5.74, 6) is 0.444. The molecule has 1 aromatic carbocycles. The van der Waals surface area contributed by atoms with Crippen molar-refractivity contribution in [2.24, 2.45) is 5.41 Å². The highest BCUT2D eigenvalue weighted by Gasteiger charge is 2.71. The Kier molecular flexibility index (Phi) is 3.42. The summed E-state index contributed by atoms with van der Waals surface area (Å²) in [7, 11) is 0. The van der Waals surface area contributed by atoms with Crippen LogP contribution < -0.4 is 5.32 Å². The summed E-state index contributed by atoms with van der Waals surface area (Å²) < 4.78 is 0. The molecule has 1 saturated carbocycles. The molecule has 0 spiro atoms. The molecule has 20 heavy (non-hydrogen) atoms. The predicted molar refractivity (Wildman–Crippen MR) is 82.3 cm³/mol. The van der Waals surface area contributed by atoms with Crippen LogP contribution in [-0.2, 0) is 10.2 Å². The minimum absolute atomic E-state index is 0.0693. The molecule has 1 aromatic rings. The van der Waals surface area contributed by atoms with Gasteiger partial charge in [0, 0.05) is 23.4 Å². The van der Waals surface area contributed by atoms with Crippen molar-refractivity contribution in [2.45, 2.75) is 44.9 Å². The topological polar surface area (TPSA) is 29.1 Å². The third-order valence-corrected chi connectivity index (χ3v) is 5.70. The molecule has 1 aliphatic carbocycles. The van der Waals surface area contributed by atoms with Crippen molar-refractivity contribution >= 4 is 17.4 Å². The molecule has 0 bridgehead atoms. The van der Waals surface area contributed by atoms with E-state index in [1.165, 1.54) is 5.56 Å². The quantitative estimate of drug-likeness (QED) is 0.918. The first kappa shape index (κ1) is 14.1. The van der Waals surface area contributed by atoms with E-state index >= 15 is 0 Å². The minimum atomic E-state index is -0.151. The van der Waals surface area contributed by atoms with Gasteiger partial charge in [-0.1, -0.05) is 30.7 Å². The summed E-state index contributed by atoms with van der Waals surface area (Å²) in [5.41, 5.74) is 2.34. The molecule has 3 rings (SSSR count). The molecular formula is C17H22ClNO. The number of ketones is 1. The fourth-order valence-electron chi connectivity index (χ4n) is 4.03. The molecule has 2 fully saturated rings. The normalized spacial score (nSPS) is 31.8. The Labute approximate surface area is 125 Å². The fraction of sp³-hybridized carbons (Fsp3) is 0.588. The van der Waals surface area contributed by atoms with Crippen molar-refractivity contribution in [1.29, 1.82) is 0 Å². The summed E-state index contributed by atoms with van der Waals surface area (Å²) in [6.45, 7) is 5.97. The Bertz CT molecular complexity index is 556.